The number of nitrogens with zero attached hydrogens (tertiary/aromatic N) is 4. The van der Waals surface area contributed by atoms with E-state index in [2.05, 4.69) is 47.6 Å². The Morgan fingerprint density at radius 3 is 2.67 bits per heavy atom. The van der Waals surface area contributed by atoms with Gasteiger partial charge in [-0.3, -0.25) is 0 Å². The second-order valence-corrected chi connectivity index (χ2v) is 5.72. The van der Waals surface area contributed by atoms with Crippen LogP contribution >= 0.6 is 11.6 Å². The van der Waals surface area contributed by atoms with Gasteiger partial charge in [0.15, 0.2) is 0 Å². The zero-order valence-corrected chi connectivity index (χ0v) is 12.3. The summed E-state index contributed by atoms with van der Waals surface area (Å²) in [5.74, 6) is 2.08. The van der Waals surface area contributed by atoms with Gasteiger partial charge in [-0.2, -0.15) is 0 Å². The van der Waals surface area contributed by atoms with Crippen LogP contribution in [0.1, 0.15) is 32.5 Å². The van der Waals surface area contributed by atoms with E-state index in [0.717, 1.165) is 31.3 Å². The first-order valence-electron chi connectivity index (χ1n) is 6.47. The molecule has 1 fully saturated rings. The Hall–Kier alpha value is -0.870. The lowest BCUT2D eigenvalue weighted by Crippen LogP contribution is -2.50. The topological polar surface area (TPSA) is 32.3 Å². The van der Waals surface area contributed by atoms with Crippen molar-refractivity contribution in [3.05, 3.63) is 17.0 Å². The molecule has 0 N–H and O–H groups in total. The van der Waals surface area contributed by atoms with Gasteiger partial charge >= 0.3 is 0 Å². The van der Waals surface area contributed by atoms with Gasteiger partial charge in [0, 0.05) is 37.7 Å². The van der Waals surface area contributed by atoms with Crippen molar-refractivity contribution in [1.82, 2.24) is 14.9 Å². The van der Waals surface area contributed by atoms with Crippen LogP contribution in [0.3, 0.4) is 0 Å². The Labute approximate surface area is 114 Å². The normalized spacial score (nSPS) is 21.7. The number of rotatable bonds is 2. The molecule has 0 saturated carbocycles. The molecular formula is C13H21ClN4. The van der Waals surface area contributed by atoms with E-state index >= 15 is 0 Å². The highest BCUT2D eigenvalue weighted by atomic mass is 35.5. The molecule has 1 aliphatic heterocycles. The van der Waals surface area contributed by atoms with Gasteiger partial charge in [0.1, 0.15) is 16.8 Å². The fourth-order valence-corrected chi connectivity index (χ4v) is 2.28. The molecule has 0 amide bonds. The van der Waals surface area contributed by atoms with Crippen LogP contribution in [0.15, 0.2) is 6.07 Å². The summed E-state index contributed by atoms with van der Waals surface area (Å²) >= 11 is 6.09. The Morgan fingerprint density at radius 2 is 2.06 bits per heavy atom. The van der Waals surface area contributed by atoms with E-state index in [1.54, 1.807) is 0 Å². The number of halogens is 1. The Bertz CT molecular complexity index is 421. The molecule has 1 atom stereocenters. The fraction of sp³-hybridized carbons (Fsp3) is 0.692. The Morgan fingerprint density at radius 1 is 1.33 bits per heavy atom. The van der Waals surface area contributed by atoms with Crippen LogP contribution in [0, 0.1) is 0 Å². The molecule has 1 unspecified atom stereocenters. The first-order chi connectivity index (χ1) is 8.47. The third-order valence-electron chi connectivity index (χ3n) is 3.50. The van der Waals surface area contributed by atoms with Crippen LogP contribution in [0.5, 0.6) is 0 Å². The summed E-state index contributed by atoms with van der Waals surface area (Å²) in [6, 6.07) is 2.40. The second-order valence-electron chi connectivity index (χ2n) is 5.34. The second kappa shape index (κ2) is 5.41. The largest absolute Gasteiger partial charge is 0.354 e. The maximum atomic E-state index is 6.09. The fourth-order valence-electron chi connectivity index (χ4n) is 2.10. The summed E-state index contributed by atoms with van der Waals surface area (Å²) in [6.45, 7) is 9.44. The molecule has 0 radical (unpaired) electrons. The number of aromatic nitrogens is 2. The van der Waals surface area contributed by atoms with Crippen LogP contribution in [0.2, 0.25) is 5.15 Å². The molecule has 1 saturated heterocycles. The van der Waals surface area contributed by atoms with Crippen LogP contribution < -0.4 is 4.90 Å². The standard InChI is InChI=1S/C13H21ClN4/c1-9(2)13-15-11(14)7-12(16-13)18-6-5-17(4)10(3)8-18/h7,9-10H,5-6,8H2,1-4H3. The van der Waals surface area contributed by atoms with Crippen LogP contribution in [0.25, 0.3) is 0 Å². The van der Waals surface area contributed by atoms with E-state index < -0.39 is 0 Å². The summed E-state index contributed by atoms with van der Waals surface area (Å²) in [7, 11) is 2.16. The van der Waals surface area contributed by atoms with E-state index in [0.29, 0.717) is 17.1 Å². The molecular weight excluding hydrogens is 248 g/mol. The van der Waals surface area contributed by atoms with Crippen molar-refractivity contribution < 1.29 is 0 Å². The van der Waals surface area contributed by atoms with Crippen molar-refractivity contribution in [3.63, 3.8) is 0 Å². The van der Waals surface area contributed by atoms with Gasteiger partial charge in [-0.05, 0) is 14.0 Å². The number of anilines is 1. The quantitative estimate of drug-likeness (QED) is 0.771. The lowest BCUT2D eigenvalue weighted by atomic mass is 10.2. The summed E-state index contributed by atoms with van der Waals surface area (Å²) in [5, 5.41) is 0.537. The van der Waals surface area contributed by atoms with Gasteiger partial charge in [0.25, 0.3) is 0 Å². The Kier molecular flexibility index (Phi) is 4.07. The van der Waals surface area contributed by atoms with Crippen LogP contribution in [-0.4, -0.2) is 47.6 Å². The smallest absolute Gasteiger partial charge is 0.135 e. The average molecular weight is 269 g/mol. The van der Waals surface area contributed by atoms with Crippen molar-refractivity contribution in [2.24, 2.45) is 0 Å². The van der Waals surface area contributed by atoms with Crippen molar-refractivity contribution in [3.8, 4) is 0 Å². The van der Waals surface area contributed by atoms with E-state index in [-0.39, 0.29) is 0 Å². The summed E-state index contributed by atoms with van der Waals surface area (Å²) in [4.78, 5) is 13.6. The van der Waals surface area contributed by atoms with Gasteiger partial charge in [0.2, 0.25) is 0 Å². The molecule has 18 heavy (non-hydrogen) atoms. The van der Waals surface area contributed by atoms with E-state index in [1.807, 2.05) is 6.07 Å². The third-order valence-corrected chi connectivity index (χ3v) is 3.69. The minimum atomic E-state index is 0.298. The molecule has 1 aromatic heterocycles. The van der Waals surface area contributed by atoms with Gasteiger partial charge in [-0.1, -0.05) is 25.4 Å². The summed E-state index contributed by atoms with van der Waals surface area (Å²) in [5.41, 5.74) is 0. The first kappa shape index (κ1) is 13.6. The summed E-state index contributed by atoms with van der Waals surface area (Å²) < 4.78 is 0. The number of likely N-dealkylation sites (N-methyl/N-ethyl adjacent to an activating group) is 1. The molecule has 1 aromatic rings. The van der Waals surface area contributed by atoms with Gasteiger partial charge < -0.3 is 9.80 Å². The van der Waals surface area contributed by atoms with Crippen molar-refractivity contribution in [2.75, 3.05) is 31.6 Å². The van der Waals surface area contributed by atoms with Gasteiger partial charge in [-0.25, -0.2) is 9.97 Å². The zero-order valence-electron chi connectivity index (χ0n) is 11.5. The molecule has 100 valence electrons. The predicted molar refractivity (Wildman–Crippen MR) is 75.4 cm³/mol. The molecule has 5 heteroatoms. The molecule has 2 rings (SSSR count). The highest BCUT2D eigenvalue weighted by Crippen LogP contribution is 2.22. The van der Waals surface area contributed by atoms with Gasteiger partial charge in [-0.15, -0.1) is 0 Å². The van der Waals surface area contributed by atoms with E-state index in [1.165, 1.54) is 0 Å². The highest BCUT2D eigenvalue weighted by molar-refractivity contribution is 6.29. The van der Waals surface area contributed by atoms with Gasteiger partial charge in [0.05, 0.1) is 0 Å². The lowest BCUT2D eigenvalue weighted by molar-refractivity contribution is 0.233. The lowest BCUT2D eigenvalue weighted by Gasteiger charge is -2.38. The zero-order chi connectivity index (χ0) is 13.3. The average Bonchev–Trinajstić information content (AvgIpc) is 2.31. The third kappa shape index (κ3) is 2.93. The van der Waals surface area contributed by atoms with E-state index in [4.69, 9.17) is 11.6 Å². The SMILES string of the molecule is CC(C)c1nc(Cl)cc(N2CCN(C)C(C)C2)n1. The molecule has 1 aliphatic rings. The molecule has 0 bridgehead atoms. The van der Waals surface area contributed by atoms with Crippen LogP contribution in [0.4, 0.5) is 5.82 Å². The number of hydrogen-bond donors (Lipinski definition) is 0. The molecule has 0 aliphatic carbocycles. The van der Waals surface area contributed by atoms with Crippen molar-refractivity contribution in [2.45, 2.75) is 32.7 Å². The first-order valence-corrected chi connectivity index (χ1v) is 6.85. The molecule has 4 nitrogen and oxygen atoms in total. The van der Waals surface area contributed by atoms with E-state index in [9.17, 15) is 0 Å². The minimum absolute atomic E-state index is 0.298. The molecule has 0 spiro atoms. The van der Waals surface area contributed by atoms with Crippen molar-refractivity contribution >= 4 is 17.4 Å². The predicted octanol–water partition coefficient (Wildman–Crippen LogP) is 2.39. The highest BCUT2D eigenvalue weighted by Gasteiger charge is 2.22. The number of hydrogen-bond acceptors (Lipinski definition) is 4. The molecule has 0 aromatic carbocycles. The number of piperazine rings is 1. The summed E-state index contributed by atoms with van der Waals surface area (Å²) in [6.07, 6.45) is 0. The van der Waals surface area contributed by atoms with Crippen molar-refractivity contribution in [1.29, 1.82) is 0 Å². The maximum Gasteiger partial charge on any atom is 0.135 e. The monoisotopic (exact) mass is 268 g/mol. The van der Waals surface area contributed by atoms with Crippen LogP contribution in [-0.2, 0) is 0 Å². The minimum Gasteiger partial charge on any atom is -0.354 e. The molecule has 2 heterocycles. The Balaban J connectivity index is 2.23. The maximum absolute atomic E-state index is 6.09.